The second kappa shape index (κ2) is 6.88. The maximum Gasteiger partial charge on any atom is 0.278 e. The highest BCUT2D eigenvalue weighted by Crippen LogP contribution is 2.39. The molecule has 0 aromatic heterocycles. The summed E-state index contributed by atoms with van der Waals surface area (Å²) in [6.45, 7) is 0. The van der Waals surface area contributed by atoms with Crippen molar-refractivity contribution in [2.75, 3.05) is 26.2 Å². The number of fused-ring (bicyclic) bond motifs is 1. The van der Waals surface area contributed by atoms with Gasteiger partial charge in [-0.05, 0) is 36.4 Å². The predicted octanol–water partition coefficient (Wildman–Crippen LogP) is 2.00. The van der Waals surface area contributed by atoms with E-state index in [1.807, 2.05) is 0 Å². The van der Waals surface area contributed by atoms with E-state index in [1.54, 1.807) is 49.6 Å². The number of benzene rings is 2. The lowest BCUT2D eigenvalue weighted by molar-refractivity contribution is -0.126. The van der Waals surface area contributed by atoms with E-state index in [0.717, 1.165) is 4.90 Å². The van der Waals surface area contributed by atoms with Crippen LogP contribution in [0.3, 0.4) is 0 Å². The van der Waals surface area contributed by atoms with Crippen LogP contribution in [0.15, 0.2) is 47.6 Å². The summed E-state index contributed by atoms with van der Waals surface area (Å²) < 4.78 is 15.9. The van der Waals surface area contributed by atoms with Crippen molar-refractivity contribution in [3.63, 3.8) is 0 Å². The molecule has 2 aliphatic heterocycles. The molecule has 1 fully saturated rings. The zero-order valence-electron chi connectivity index (χ0n) is 15.5. The monoisotopic (exact) mass is 382 g/mol. The lowest BCUT2D eigenvalue weighted by Gasteiger charge is -2.16. The lowest BCUT2D eigenvalue weighted by Crippen LogP contribution is -2.33. The SMILES string of the molecule is COc1ccc(N2C(=O)C3ON=C(c4cccc(OC)c4OC)C3C2=O)cc1. The number of ether oxygens (including phenoxy) is 3. The van der Waals surface area contributed by atoms with Crippen LogP contribution in [0.4, 0.5) is 5.69 Å². The van der Waals surface area contributed by atoms with Crippen molar-refractivity contribution in [3.8, 4) is 17.2 Å². The number of carbonyl (C=O) groups excluding carboxylic acids is 2. The quantitative estimate of drug-likeness (QED) is 0.736. The Morgan fingerprint density at radius 1 is 0.929 bits per heavy atom. The lowest BCUT2D eigenvalue weighted by atomic mass is 9.93. The smallest absolute Gasteiger partial charge is 0.278 e. The summed E-state index contributed by atoms with van der Waals surface area (Å²) in [5.74, 6) is -0.161. The third-order valence-electron chi connectivity index (χ3n) is 4.82. The fourth-order valence-corrected chi connectivity index (χ4v) is 3.47. The Morgan fingerprint density at radius 2 is 1.68 bits per heavy atom. The maximum atomic E-state index is 13.1. The number of anilines is 1. The third kappa shape index (κ3) is 2.57. The molecule has 2 amide bonds. The highest BCUT2D eigenvalue weighted by Gasteiger charge is 2.56. The predicted molar refractivity (Wildman–Crippen MR) is 99.9 cm³/mol. The molecule has 2 unspecified atom stereocenters. The van der Waals surface area contributed by atoms with Crippen molar-refractivity contribution in [2.24, 2.45) is 11.1 Å². The Kier molecular flexibility index (Phi) is 4.38. The summed E-state index contributed by atoms with van der Waals surface area (Å²) >= 11 is 0. The molecule has 2 atom stereocenters. The minimum absolute atomic E-state index is 0.343. The van der Waals surface area contributed by atoms with Crippen LogP contribution in [0.25, 0.3) is 0 Å². The summed E-state index contributed by atoms with van der Waals surface area (Å²) in [5.41, 5.74) is 1.34. The zero-order valence-corrected chi connectivity index (χ0v) is 15.5. The van der Waals surface area contributed by atoms with E-state index >= 15 is 0 Å². The van der Waals surface area contributed by atoms with Crippen LogP contribution in [-0.4, -0.2) is 45.0 Å². The maximum absolute atomic E-state index is 13.1. The molecule has 2 aromatic carbocycles. The summed E-state index contributed by atoms with van der Waals surface area (Å²) in [6.07, 6.45) is -1.000. The van der Waals surface area contributed by atoms with E-state index in [2.05, 4.69) is 5.16 Å². The fourth-order valence-electron chi connectivity index (χ4n) is 3.47. The summed E-state index contributed by atoms with van der Waals surface area (Å²) in [5, 5.41) is 4.02. The molecule has 4 rings (SSSR count). The Bertz CT molecular complexity index is 969. The van der Waals surface area contributed by atoms with E-state index < -0.39 is 23.8 Å². The van der Waals surface area contributed by atoms with Gasteiger partial charge in [0.25, 0.3) is 5.91 Å². The van der Waals surface area contributed by atoms with Crippen LogP contribution < -0.4 is 19.1 Å². The van der Waals surface area contributed by atoms with Crippen LogP contribution in [0.2, 0.25) is 0 Å². The summed E-state index contributed by atoms with van der Waals surface area (Å²) in [7, 11) is 4.57. The molecule has 0 aliphatic carbocycles. The number of methoxy groups -OCH3 is 3. The van der Waals surface area contributed by atoms with Crippen molar-refractivity contribution < 1.29 is 28.6 Å². The van der Waals surface area contributed by atoms with Crippen molar-refractivity contribution in [1.29, 1.82) is 0 Å². The van der Waals surface area contributed by atoms with E-state index in [9.17, 15) is 9.59 Å². The van der Waals surface area contributed by atoms with Crippen LogP contribution in [0.1, 0.15) is 5.56 Å². The number of nitrogens with zero attached hydrogens (tertiary/aromatic N) is 2. The van der Waals surface area contributed by atoms with Gasteiger partial charge in [0.15, 0.2) is 11.5 Å². The molecule has 1 saturated heterocycles. The molecule has 8 nitrogen and oxygen atoms in total. The molecule has 28 heavy (non-hydrogen) atoms. The van der Waals surface area contributed by atoms with Gasteiger partial charge in [0.2, 0.25) is 12.0 Å². The van der Waals surface area contributed by atoms with Gasteiger partial charge in [0.05, 0.1) is 27.0 Å². The van der Waals surface area contributed by atoms with Gasteiger partial charge in [-0.1, -0.05) is 11.2 Å². The molecule has 0 bridgehead atoms. The first-order valence-electron chi connectivity index (χ1n) is 8.57. The molecule has 2 aromatic rings. The molecule has 0 spiro atoms. The van der Waals surface area contributed by atoms with Crippen LogP contribution in [-0.2, 0) is 14.4 Å². The first-order chi connectivity index (χ1) is 13.6. The molecule has 0 N–H and O–H groups in total. The average molecular weight is 382 g/mol. The van der Waals surface area contributed by atoms with Gasteiger partial charge >= 0.3 is 0 Å². The topological polar surface area (TPSA) is 86.7 Å². The number of imide groups is 1. The van der Waals surface area contributed by atoms with Gasteiger partial charge in [0, 0.05) is 5.56 Å². The van der Waals surface area contributed by atoms with E-state index in [0.29, 0.717) is 34.2 Å². The van der Waals surface area contributed by atoms with Crippen molar-refractivity contribution in [1.82, 2.24) is 0 Å². The zero-order chi connectivity index (χ0) is 19.8. The minimum atomic E-state index is -1.000. The van der Waals surface area contributed by atoms with Gasteiger partial charge in [-0.25, -0.2) is 4.90 Å². The molecule has 8 heteroatoms. The number of hydrogen-bond donors (Lipinski definition) is 0. The third-order valence-corrected chi connectivity index (χ3v) is 4.82. The van der Waals surface area contributed by atoms with E-state index in [1.165, 1.54) is 14.2 Å². The van der Waals surface area contributed by atoms with Crippen LogP contribution >= 0.6 is 0 Å². The second-order valence-corrected chi connectivity index (χ2v) is 6.23. The van der Waals surface area contributed by atoms with Gasteiger partial charge in [0.1, 0.15) is 17.4 Å². The summed E-state index contributed by atoms with van der Waals surface area (Å²) in [6, 6.07) is 11.9. The average Bonchev–Trinajstić information content (AvgIpc) is 3.27. The fraction of sp³-hybridized carbons (Fsp3) is 0.250. The Labute approximate surface area is 161 Å². The van der Waals surface area contributed by atoms with Crippen LogP contribution in [0, 0.1) is 5.92 Å². The number of rotatable bonds is 5. The second-order valence-electron chi connectivity index (χ2n) is 6.23. The molecule has 0 radical (unpaired) electrons. The highest BCUT2D eigenvalue weighted by molar-refractivity contribution is 6.32. The van der Waals surface area contributed by atoms with E-state index in [4.69, 9.17) is 19.0 Å². The normalized spacial score (nSPS) is 20.5. The Morgan fingerprint density at radius 3 is 2.32 bits per heavy atom. The number of amides is 2. The molecular formula is C20H18N2O6. The molecule has 2 heterocycles. The van der Waals surface area contributed by atoms with Gasteiger partial charge < -0.3 is 19.0 Å². The minimum Gasteiger partial charge on any atom is -0.497 e. The Balaban J connectivity index is 1.71. The van der Waals surface area contributed by atoms with E-state index in [-0.39, 0.29) is 0 Å². The first-order valence-corrected chi connectivity index (χ1v) is 8.57. The number of para-hydroxylation sites is 1. The van der Waals surface area contributed by atoms with Gasteiger partial charge in [-0.2, -0.15) is 0 Å². The highest BCUT2D eigenvalue weighted by atomic mass is 16.7. The summed E-state index contributed by atoms with van der Waals surface area (Å²) in [4.78, 5) is 32.4. The number of oxime groups is 1. The molecule has 2 aliphatic rings. The largest absolute Gasteiger partial charge is 0.497 e. The molecular weight excluding hydrogens is 364 g/mol. The van der Waals surface area contributed by atoms with Gasteiger partial charge in [-0.3, -0.25) is 9.59 Å². The molecule has 0 saturated carbocycles. The van der Waals surface area contributed by atoms with Crippen molar-refractivity contribution in [3.05, 3.63) is 48.0 Å². The molecule has 144 valence electrons. The van der Waals surface area contributed by atoms with Crippen LogP contribution in [0.5, 0.6) is 17.2 Å². The number of carbonyl (C=O) groups is 2. The first kappa shape index (κ1) is 17.8. The van der Waals surface area contributed by atoms with Crippen molar-refractivity contribution >= 4 is 23.2 Å². The standard InChI is InChI=1S/C20H18N2O6/c1-25-12-9-7-11(8-10-12)22-19(23)15-16(21-28-18(15)20(22)24)13-5-4-6-14(26-2)17(13)27-3/h4-10,15,18H,1-3H3. The number of hydrogen-bond acceptors (Lipinski definition) is 7. The Hall–Kier alpha value is -3.55. The van der Waals surface area contributed by atoms with Crippen molar-refractivity contribution in [2.45, 2.75) is 6.10 Å². The van der Waals surface area contributed by atoms with Gasteiger partial charge in [-0.15, -0.1) is 0 Å².